The van der Waals surface area contributed by atoms with E-state index in [2.05, 4.69) is 6.92 Å². The zero-order chi connectivity index (χ0) is 13.3. The molecule has 0 spiro atoms. The van der Waals surface area contributed by atoms with Crippen LogP contribution in [-0.2, 0) is 18.9 Å². The van der Waals surface area contributed by atoms with E-state index >= 15 is 0 Å². The molecule has 2 aliphatic heterocycles. The topological polar surface area (TPSA) is 43.5 Å². The number of hydrogen-bond donors (Lipinski definition) is 0. The first-order valence-corrected chi connectivity index (χ1v) is 7.81. The molecule has 4 heteroatoms. The molecule has 0 N–H and O–H groups in total. The third-order valence-electron chi connectivity index (χ3n) is 3.57. The SMILES string of the molecule is CCCCC(CCCCOCC1CO1)OCC1CO1. The quantitative estimate of drug-likeness (QED) is 0.382. The Morgan fingerprint density at radius 3 is 2.37 bits per heavy atom. The van der Waals surface area contributed by atoms with Crippen molar-refractivity contribution in [2.45, 2.75) is 63.8 Å². The van der Waals surface area contributed by atoms with Gasteiger partial charge in [-0.1, -0.05) is 19.8 Å². The van der Waals surface area contributed by atoms with Crippen molar-refractivity contribution in [1.29, 1.82) is 0 Å². The summed E-state index contributed by atoms with van der Waals surface area (Å²) >= 11 is 0. The maximum Gasteiger partial charge on any atom is 0.104 e. The summed E-state index contributed by atoms with van der Waals surface area (Å²) in [7, 11) is 0. The minimum Gasteiger partial charge on any atom is -0.379 e. The third kappa shape index (κ3) is 7.88. The molecular weight excluding hydrogens is 244 g/mol. The van der Waals surface area contributed by atoms with Crippen LogP contribution in [0.2, 0.25) is 0 Å². The minimum absolute atomic E-state index is 0.381. The lowest BCUT2D eigenvalue weighted by atomic mass is 10.1. The Kier molecular flexibility index (Phi) is 7.14. The number of epoxide rings is 2. The van der Waals surface area contributed by atoms with Crippen molar-refractivity contribution in [2.24, 2.45) is 0 Å². The van der Waals surface area contributed by atoms with E-state index in [9.17, 15) is 0 Å². The van der Waals surface area contributed by atoms with Crippen LogP contribution in [0.1, 0.15) is 45.4 Å². The predicted octanol–water partition coefficient (Wildman–Crippen LogP) is 2.55. The summed E-state index contributed by atoms with van der Waals surface area (Å²) in [5.74, 6) is 0. The van der Waals surface area contributed by atoms with Crippen LogP contribution >= 0.6 is 0 Å². The maximum absolute atomic E-state index is 5.94. The first kappa shape index (κ1) is 15.2. The Hall–Kier alpha value is -0.160. The lowest BCUT2D eigenvalue weighted by molar-refractivity contribution is 0.0271. The standard InChI is InChI=1S/C15H28O4/c1-2-3-6-13(17-11-15-12-19-15)7-4-5-8-16-9-14-10-18-14/h13-15H,2-12H2,1H3. The maximum atomic E-state index is 5.94. The first-order chi connectivity index (χ1) is 9.38. The van der Waals surface area contributed by atoms with Crippen LogP contribution in [0, 0.1) is 0 Å². The van der Waals surface area contributed by atoms with Gasteiger partial charge in [0.25, 0.3) is 0 Å². The molecule has 2 rings (SSSR count). The molecular formula is C15H28O4. The van der Waals surface area contributed by atoms with Gasteiger partial charge < -0.3 is 18.9 Å². The number of unbranched alkanes of at least 4 members (excludes halogenated alkanes) is 2. The molecule has 0 amide bonds. The van der Waals surface area contributed by atoms with Gasteiger partial charge in [0, 0.05) is 6.61 Å². The average Bonchev–Trinajstić information content (AvgIpc) is 3.28. The molecule has 0 bridgehead atoms. The van der Waals surface area contributed by atoms with Gasteiger partial charge in [0.2, 0.25) is 0 Å². The summed E-state index contributed by atoms with van der Waals surface area (Å²) in [6.45, 7) is 6.41. The first-order valence-electron chi connectivity index (χ1n) is 7.81. The normalized spacial score (nSPS) is 26.4. The summed E-state index contributed by atoms with van der Waals surface area (Å²) in [5, 5.41) is 0. The zero-order valence-electron chi connectivity index (χ0n) is 12.1. The van der Waals surface area contributed by atoms with Crippen LogP contribution < -0.4 is 0 Å². The molecule has 0 aromatic heterocycles. The fraction of sp³-hybridized carbons (Fsp3) is 1.00. The summed E-state index contributed by atoms with van der Waals surface area (Å²) in [4.78, 5) is 0. The van der Waals surface area contributed by atoms with Gasteiger partial charge in [-0.25, -0.2) is 0 Å². The molecule has 3 unspecified atom stereocenters. The van der Waals surface area contributed by atoms with Crippen molar-refractivity contribution in [2.75, 3.05) is 33.0 Å². The Balaban J connectivity index is 1.44. The molecule has 2 saturated heterocycles. The summed E-state index contributed by atoms with van der Waals surface area (Å²) in [5.41, 5.74) is 0. The Bertz CT molecular complexity index is 226. The van der Waals surface area contributed by atoms with Crippen molar-refractivity contribution >= 4 is 0 Å². The molecule has 112 valence electrons. The predicted molar refractivity (Wildman–Crippen MR) is 73.4 cm³/mol. The molecule has 4 nitrogen and oxygen atoms in total. The molecule has 0 aromatic rings. The summed E-state index contributed by atoms with van der Waals surface area (Å²) in [6.07, 6.45) is 8.32. The van der Waals surface area contributed by atoms with Gasteiger partial charge in [0.1, 0.15) is 12.2 Å². The van der Waals surface area contributed by atoms with E-state index < -0.39 is 0 Å². The molecule has 19 heavy (non-hydrogen) atoms. The van der Waals surface area contributed by atoms with Crippen molar-refractivity contribution in [3.8, 4) is 0 Å². The summed E-state index contributed by atoms with van der Waals surface area (Å²) in [6, 6.07) is 0. The minimum atomic E-state index is 0.381. The average molecular weight is 272 g/mol. The second-order valence-electron chi connectivity index (χ2n) is 5.58. The molecule has 0 aromatic carbocycles. The van der Waals surface area contributed by atoms with E-state index in [1.54, 1.807) is 0 Å². The second-order valence-corrected chi connectivity index (χ2v) is 5.58. The highest BCUT2D eigenvalue weighted by Gasteiger charge is 2.24. The van der Waals surface area contributed by atoms with Gasteiger partial charge in [-0.3, -0.25) is 0 Å². The fourth-order valence-corrected chi connectivity index (χ4v) is 2.11. The molecule has 0 saturated carbocycles. The Morgan fingerprint density at radius 1 is 1.00 bits per heavy atom. The monoisotopic (exact) mass is 272 g/mol. The van der Waals surface area contributed by atoms with Crippen LogP contribution in [0.15, 0.2) is 0 Å². The van der Waals surface area contributed by atoms with Crippen molar-refractivity contribution in [3.63, 3.8) is 0 Å². The van der Waals surface area contributed by atoms with Crippen molar-refractivity contribution in [1.82, 2.24) is 0 Å². The Morgan fingerprint density at radius 2 is 1.68 bits per heavy atom. The number of ether oxygens (including phenoxy) is 4. The fourth-order valence-electron chi connectivity index (χ4n) is 2.11. The molecule has 3 atom stereocenters. The summed E-state index contributed by atoms with van der Waals surface area (Å²) < 4.78 is 21.8. The van der Waals surface area contributed by atoms with Crippen LogP contribution in [0.3, 0.4) is 0 Å². The number of hydrogen-bond acceptors (Lipinski definition) is 4. The molecule has 2 aliphatic rings. The lowest BCUT2D eigenvalue weighted by Gasteiger charge is -2.17. The smallest absolute Gasteiger partial charge is 0.104 e. The van der Waals surface area contributed by atoms with E-state index in [1.807, 2.05) is 0 Å². The van der Waals surface area contributed by atoms with Gasteiger partial charge in [-0.15, -0.1) is 0 Å². The highest BCUT2D eigenvalue weighted by atomic mass is 16.6. The number of rotatable bonds is 13. The van der Waals surface area contributed by atoms with Crippen LogP contribution in [0.4, 0.5) is 0 Å². The third-order valence-corrected chi connectivity index (χ3v) is 3.57. The van der Waals surface area contributed by atoms with Gasteiger partial charge in [-0.2, -0.15) is 0 Å². The van der Waals surface area contributed by atoms with Gasteiger partial charge in [-0.05, 0) is 25.7 Å². The van der Waals surface area contributed by atoms with E-state index in [0.29, 0.717) is 18.3 Å². The van der Waals surface area contributed by atoms with Crippen LogP contribution in [0.5, 0.6) is 0 Å². The van der Waals surface area contributed by atoms with Gasteiger partial charge in [0.15, 0.2) is 0 Å². The van der Waals surface area contributed by atoms with Crippen molar-refractivity contribution in [3.05, 3.63) is 0 Å². The zero-order valence-corrected chi connectivity index (χ0v) is 12.1. The molecule has 0 radical (unpaired) electrons. The van der Waals surface area contributed by atoms with E-state index in [1.165, 1.54) is 25.7 Å². The molecule has 0 aliphatic carbocycles. The van der Waals surface area contributed by atoms with E-state index in [0.717, 1.165) is 45.9 Å². The highest BCUT2D eigenvalue weighted by Crippen LogP contribution is 2.17. The van der Waals surface area contributed by atoms with E-state index in [-0.39, 0.29) is 0 Å². The largest absolute Gasteiger partial charge is 0.379 e. The molecule has 2 fully saturated rings. The van der Waals surface area contributed by atoms with Crippen LogP contribution in [0.25, 0.3) is 0 Å². The highest BCUT2D eigenvalue weighted by molar-refractivity contribution is 4.70. The van der Waals surface area contributed by atoms with Gasteiger partial charge >= 0.3 is 0 Å². The molecule has 2 heterocycles. The van der Waals surface area contributed by atoms with E-state index in [4.69, 9.17) is 18.9 Å². The van der Waals surface area contributed by atoms with Crippen LogP contribution in [-0.4, -0.2) is 51.3 Å². The Labute approximate surface area is 116 Å². The lowest BCUT2D eigenvalue weighted by Crippen LogP contribution is -2.16. The van der Waals surface area contributed by atoms with Crippen molar-refractivity contribution < 1.29 is 18.9 Å². The second kappa shape index (κ2) is 8.90. The van der Waals surface area contributed by atoms with Gasteiger partial charge in [0.05, 0.1) is 32.5 Å².